The van der Waals surface area contributed by atoms with Crippen molar-refractivity contribution in [2.45, 2.75) is 13.2 Å². The highest BCUT2D eigenvalue weighted by atomic mass is 19.3. The second kappa shape index (κ2) is 4.79. The summed E-state index contributed by atoms with van der Waals surface area (Å²) >= 11 is 0. The first-order chi connectivity index (χ1) is 8.91. The van der Waals surface area contributed by atoms with Crippen molar-refractivity contribution < 1.29 is 23.5 Å². The summed E-state index contributed by atoms with van der Waals surface area (Å²) in [7, 11) is 0. The van der Waals surface area contributed by atoms with E-state index in [1.54, 1.807) is 13.0 Å². The lowest BCUT2D eigenvalue weighted by molar-refractivity contribution is -0.286. The summed E-state index contributed by atoms with van der Waals surface area (Å²) in [6.45, 7) is 2.13. The average molecular weight is 273 g/mol. The Hall–Kier alpha value is -2.25. The van der Waals surface area contributed by atoms with Crippen LogP contribution in [-0.2, 0) is 0 Å². The number of fused-ring (bicyclic) bond motifs is 1. The number of amidine groups is 1. The minimum absolute atomic E-state index is 0.0139. The van der Waals surface area contributed by atoms with Crippen molar-refractivity contribution >= 4 is 11.5 Å². The molecule has 4 N–H and O–H groups in total. The average Bonchev–Trinajstić information content (AvgIpc) is 2.67. The number of nitrogens with one attached hydrogen (secondary N) is 1. The molecular weight excluding hydrogens is 260 g/mol. The molecule has 0 bridgehead atoms. The first-order valence-corrected chi connectivity index (χ1v) is 5.52. The SMILES string of the molecule is CC(CNc1ccc2c(c1)OC(F)(F)O2)C(N)=NO. The van der Waals surface area contributed by atoms with Crippen LogP contribution in [0.25, 0.3) is 0 Å². The van der Waals surface area contributed by atoms with E-state index < -0.39 is 6.29 Å². The van der Waals surface area contributed by atoms with E-state index in [1.165, 1.54) is 12.1 Å². The monoisotopic (exact) mass is 273 g/mol. The van der Waals surface area contributed by atoms with Crippen LogP contribution in [0.3, 0.4) is 0 Å². The Bertz CT molecular complexity index is 508. The van der Waals surface area contributed by atoms with Gasteiger partial charge < -0.3 is 25.7 Å². The fourth-order valence-electron chi connectivity index (χ4n) is 1.53. The number of rotatable bonds is 4. The van der Waals surface area contributed by atoms with Crippen molar-refractivity contribution in [1.82, 2.24) is 0 Å². The topological polar surface area (TPSA) is 89.1 Å². The predicted molar refractivity (Wildman–Crippen MR) is 63.7 cm³/mol. The number of ether oxygens (including phenoxy) is 2. The van der Waals surface area contributed by atoms with Crippen molar-refractivity contribution in [2.24, 2.45) is 16.8 Å². The van der Waals surface area contributed by atoms with Gasteiger partial charge in [-0.1, -0.05) is 12.1 Å². The molecule has 0 fully saturated rings. The Kier molecular flexibility index (Phi) is 3.32. The van der Waals surface area contributed by atoms with Crippen molar-refractivity contribution in [2.75, 3.05) is 11.9 Å². The van der Waals surface area contributed by atoms with Crippen molar-refractivity contribution in [1.29, 1.82) is 0 Å². The first kappa shape index (κ1) is 13.2. The summed E-state index contributed by atoms with van der Waals surface area (Å²) < 4.78 is 34.2. The van der Waals surface area contributed by atoms with Gasteiger partial charge in [-0.15, -0.1) is 8.78 Å². The molecule has 1 aliphatic heterocycles. The van der Waals surface area contributed by atoms with E-state index in [0.29, 0.717) is 12.2 Å². The molecule has 2 rings (SSSR count). The van der Waals surface area contributed by atoms with Crippen LogP contribution in [-0.4, -0.2) is 23.9 Å². The predicted octanol–water partition coefficient (Wildman–Crippen LogP) is 1.80. The van der Waals surface area contributed by atoms with E-state index in [0.717, 1.165) is 0 Å². The molecule has 1 aromatic carbocycles. The number of nitrogens with zero attached hydrogens (tertiary/aromatic N) is 1. The number of oxime groups is 1. The summed E-state index contributed by atoms with van der Waals surface area (Å²) in [6.07, 6.45) is -3.62. The summed E-state index contributed by atoms with van der Waals surface area (Å²) in [5.74, 6) is -0.178. The molecule has 1 aromatic rings. The molecule has 0 spiro atoms. The zero-order valence-electron chi connectivity index (χ0n) is 10.1. The molecule has 0 saturated heterocycles. The Morgan fingerprint density at radius 1 is 1.47 bits per heavy atom. The van der Waals surface area contributed by atoms with Gasteiger partial charge in [-0.2, -0.15) is 0 Å². The lowest BCUT2D eigenvalue weighted by Crippen LogP contribution is -2.27. The minimum Gasteiger partial charge on any atom is -0.409 e. The Morgan fingerprint density at radius 2 is 2.16 bits per heavy atom. The van der Waals surface area contributed by atoms with Crippen LogP contribution in [0.1, 0.15) is 6.92 Å². The molecule has 0 amide bonds. The highest BCUT2D eigenvalue weighted by Gasteiger charge is 2.43. The number of nitrogens with two attached hydrogens (primary N) is 1. The number of alkyl halides is 2. The molecule has 0 aliphatic carbocycles. The summed E-state index contributed by atoms with van der Waals surface area (Å²) in [5.41, 5.74) is 5.99. The van der Waals surface area contributed by atoms with Crippen LogP contribution < -0.4 is 20.5 Å². The van der Waals surface area contributed by atoms with E-state index in [4.69, 9.17) is 10.9 Å². The molecule has 0 saturated carbocycles. The second-order valence-electron chi connectivity index (χ2n) is 4.14. The third kappa shape index (κ3) is 2.95. The van der Waals surface area contributed by atoms with Gasteiger partial charge in [0.05, 0.1) is 0 Å². The fourth-order valence-corrected chi connectivity index (χ4v) is 1.53. The molecule has 0 radical (unpaired) electrons. The van der Waals surface area contributed by atoms with E-state index in [1.807, 2.05) is 0 Å². The van der Waals surface area contributed by atoms with E-state index in [-0.39, 0.29) is 23.3 Å². The van der Waals surface area contributed by atoms with Crippen LogP contribution in [0.2, 0.25) is 0 Å². The smallest absolute Gasteiger partial charge is 0.409 e. The number of anilines is 1. The quantitative estimate of drug-likeness (QED) is 0.337. The maximum Gasteiger partial charge on any atom is 0.586 e. The summed E-state index contributed by atoms with van der Waals surface area (Å²) in [6, 6.07) is 4.35. The van der Waals surface area contributed by atoms with Gasteiger partial charge in [-0.05, 0) is 12.1 Å². The number of halogens is 2. The zero-order valence-corrected chi connectivity index (χ0v) is 10.1. The van der Waals surface area contributed by atoms with Crippen molar-refractivity contribution in [3.63, 3.8) is 0 Å². The first-order valence-electron chi connectivity index (χ1n) is 5.52. The molecule has 1 aliphatic rings. The highest BCUT2D eigenvalue weighted by Crippen LogP contribution is 2.42. The lowest BCUT2D eigenvalue weighted by atomic mass is 10.1. The summed E-state index contributed by atoms with van der Waals surface area (Å²) in [5, 5.41) is 14.4. The van der Waals surface area contributed by atoms with E-state index in [9.17, 15) is 8.78 Å². The van der Waals surface area contributed by atoms with Gasteiger partial charge in [0.1, 0.15) is 5.84 Å². The molecular formula is C11H13F2N3O3. The minimum atomic E-state index is -3.62. The molecule has 8 heteroatoms. The van der Waals surface area contributed by atoms with Crippen LogP contribution in [0.15, 0.2) is 23.4 Å². The van der Waals surface area contributed by atoms with Gasteiger partial charge in [0.25, 0.3) is 0 Å². The van der Waals surface area contributed by atoms with Crippen molar-refractivity contribution in [3.8, 4) is 11.5 Å². The molecule has 1 unspecified atom stereocenters. The van der Waals surface area contributed by atoms with Gasteiger partial charge in [0.15, 0.2) is 11.5 Å². The molecule has 1 heterocycles. The summed E-state index contributed by atoms with van der Waals surface area (Å²) in [4.78, 5) is 0. The number of hydrogen-bond acceptors (Lipinski definition) is 5. The van der Waals surface area contributed by atoms with Gasteiger partial charge in [-0.3, -0.25) is 0 Å². The molecule has 1 atom stereocenters. The zero-order chi connectivity index (χ0) is 14.0. The normalized spacial score (nSPS) is 18.2. The molecule has 104 valence electrons. The van der Waals surface area contributed by atoms with Gasteiger partial charge >= 0.3 is 6.29 Å². The highest BCUT2D eigenvalue weighted by molar-refractivity contribution is 5.82. The van der Waals surface area contributed by atoms with Crippen LogP contribution >= 0.6 is 0 Å². The Morgan fingerprint density at radius 3 is 2.84 bits per heavy atom. The largest absolute Gasteiger partial charge is 0.586 e. The van der Waals surface area contributed by atoms with Gasteiger partial charge in [-0.25, -0.2) is 0 Å². The second-order valence-corrected chi connectivity index (χ2v) is 4.14. The standard InChI is InChI=1S/C11H13F2N3O3/c1-6(10(14)16-17)5-15-7-2-3-8-9(4-7)19-11(12,13)18-8/h2-4,6,15,17H,5H2,1H3,(H2,14,16). The number of hydrogen-bond donors (Lipinski definition) is 3. The number of benzene rings is 1. The van der Waals surface area contributed by atoms with Crippen molar-refractivity contribution in [3.05, 3.63) is 18.2 Å². The molecule has 19 heavy (non-hydrogen) atoms. The van der Waals surface area contributed by atoms with E-state index in [2.05, 4.69) is 19.9 Å². The maximum atomic E-state index is 12.8. The van der Waals surface area contributed by atoms with Crippen LogP contribution in [0.5, 0.6) is 11.5 Å². The fraction of sp³-hybridized carbons (Fsp3) is 0.364. The van der Waals surface area contributed by atoms with Crippen LogP contribution in [0, 0.1) is 5.92 Å². The lowest BCUT2D eigenvalue weighted by Gasteiger charge is -2.12. The molecule has 0 aromatic heterocycles. The van der Waals surface area contributed by atoms with Gasteiger partial charge in [0.2, 0.25) is 0 Å². The molecule has 6 nitrogen and oxygen atoms in total. The third-order valence-electron chi connectivity index (χ3n) is 2.63. The van der Waals surface area contributed by atoms with Crippen LogP contribution in [0.4, 0.5) is 14.5 Å². The maximum absolute atomic E-state index is 12.8. The Labute approximate surface area is 107 Å². The Balaban J connectivity index is 2.01. The van der Waals surface area contributed by atoms with Gasteiger partial charge in [0, 0.05) is 24.2 Å². The third-order valence-corrected chi connectivity index (χ3v) is 2.63. The van der Waals surface area contributed by atoms with E-state index >= 15 is 0 Å².